The molecule has 0 bridgehead atoms. The molecule has 0 aliphatic heterocycles. The molecule has 4 nitrogen and oxygen atoms in total. The molecule has 0 heterocycles. The zero-order valence-electron chi connectivity index (χ0n) is 14.9. The van der Waals surface area contributed by atoms with Crippen LogP contribution in [0, 0.1) is 6.92 Å². The highest BCUT2D eigenvalue weighted by atomic mass is 28.4. The molecule has 0 aliphatic carbocycles. The number of carbonyl (C=O) groups excluding carboxylic acids is 1. The van der Waals surface area contributed by atoms with Crippen LogP contribution >= 0.6 is 0 Å². The molecule has 0 spiro atoms. The Labute approximate surface area is 135 Å². The van der Waals surface area contributed by atoms with E-state index in [1.807, 2.05) is 19.1 Å². The first-order valence-corrected chi connectivity index (χ1v) is 10.6. The number of anilines is 1. The van der Waals surface area contributed by atoms with Crippen LogP contribution in [0.1, 0.15) is 36.7 Å². The Morgan fingerprint density at radius 3 is 2.45 bits per heavy atom. The molecular formula is C17H29NO3Si. The van der Waals surface area contributed by atoms with E-state index in [4.69, 9.17) is 9.16 Å². The van der Waals surface area contributed by atoms with E-state index in [1.54, 1.807) is 6.07 Å². The number of nitrogens with one attached hydrogen (secondary N) is 1. The maximum atomic E-state index is 11.6. The van der Waals surface area contributed by atoms with Gasteiger partial charge in [-0.25, -0.2) is 4.79 Å². The highest BCUT2D eigenvalue weighted by Crippen LogP contribution is 2.36. The van der Waals surface area contributed by atoms with Gasteiger partial charge < -0.3 is 14.5 Å². The maximum Gasteiger partial charge on any atom is 0.337 e. The maximum absolute atomic E-state index is 11.6. The van der Waals surface area contributed by atoms with Crippen LogP contribution in [0.15, 0.2) is 18.2 Å². The molecule has 22 heavy (non-hydrogen) atoms. The number of methoxy groups -OCH3 is 1. The Kier molecular flexibility index (Phi) is 6.20. The van der Waals surface area contributed by atoms with Gasteiger partial charge >= 0.3 is 5.97 Å². The predicted molar refractivity (Wildman–Crippen MR) is 94.2 cm³/mol. The number of rotatable bonds is 6. The average Bonchev–Trinajstić information content (AvgIpc) is 2.43. The van der Waals surface area contributed by atoms with Gasteiger partial charge in [-0.05, 0) is 42.8 Å². The zero-order chi connectivity index (χ0) is 17.0. The molecular weight excluding hydrogens is 294 g/mol. The number of ether oxygens (including phenoxy) is 1. The molecule has 0 saturated heterocycles. The van der Waals surface area contributed by atoms with Crippen LogP contribution in [0.3, 0.4) is 0 Å². The molecule has 124 valence electrons. The molecule has 1 aromatic carbocycles. The lowest BCUT2D eigenvalue weighted by Crippen LogP contribution is -2.41. The van der Waals surface area contributed by atoms with Crippen LogP contribution in [0.5, 0.6) is 0 Å². The first-order chi connectivity index (χ1) is 10.1. The number of carbonyl (C=O) groups is 1. The first-order valence-electron chi connectivity index (χ1n) is 7.65. The van der Waals surface area contributed by atoms with Crippen molar-refractivity contribution in [2.45, 2.75) is 45.8 Å². The lowest BCUT2D eigenvalue weighted by molar-refractivity contribution is 0.0601. The fourth-order valence-corrected chi connectivity index (χ4v) is 2.81. The van der Waals surface area contributed by atoms with Crippen molar-refractivity contribution in [1.29, 1.82) is 0 Å². The second-order valence-electron chi connectivity index (χ2n) is 7.06. The molecule has 0 fully saturated rings. The van der Waals surface area contributed by atoms with E-state index in [9.17, 15) is 4.79 Å². The normalized spacial score (nSPS) is 12.1. The van der Waals surface area contributed by atoms with Gasteiger partial charge in [-0.15, -0.1) is 0 Å². The molecule has 0 amide bonds. The minimum Gasteiger partial charge on any atom is -0.465 e. The van der Waals surface area contributed by atoms with Gasteiger partial charge in [0.2, 0.25) is 0 Å². The molecule has 1 aromatic rings. The van der Waals surface area contributed by atoms with Crippen molar-refractivity contribution >= 4 is 20.0 Å². The molecule has 0 aromatic heterocycles. The zero-order valence-corrected chi connectivity index (χ0v) is 15.9. The van der Waals surface area contributed by atoms with E-state index in [2.05, 4.69) is 39.2 Å². The highest BCUT2D eigenvalue weighted by Gasteiger charge is 2.36. The van der Waals surface area contributed by atoms with E-state index in [1.165, 1.54) is 7.11 Å². The van der Waals surface area contributed by atoms with Crippen molar-refractivity contribution in [3.63, 3.8) is 0 Å². The number of hydrogen-bond acceptors (Lipinski definition) is 4. The lowest BCUT2D eigenvalue weighted by atomic mass is 10.1. The number of aryl methyl sites for hydroxylation is 1. The summed E-state index contributed by atoms with van der Waals surface area (Å²) in [5, 5.41) is 3.56. The van der Waals surface area contributed by atoms with Crippen LogP contribution < -0.4 is 5.32 Å². The third-order valence-electron chi connectivity index (χ3n) is 4.35. The monoisotopic (exact) mass is 323 g/mol. The Balaban J connectivity index is 2.60. The molecule has 0 saturated carbocycles. The van der Waals surface area contributed by atoms with E-state index >= 15 is 0 Å². The van der Waals surface area contributed by atoms with Gasteiger partial charge in [0.25, 0.3) is 0 Å². The van der Waals surface area contributed by atoms with Crippen LogP contribution in [0.25, 0.3) is 0 Å². The fraction of sp³-hybridized carbons (Fsp3) is 0.588. The van der Waals surface area contributed by atoms with Crippen molar-refractivity contribution in [3.05, 3.63) is 29.3 Å². The second-order valence-corrected chi connectivity index (χ2v) is 11.9. The smallest absolute Gasteiger partial charge is 0.337 e. The summed E-state index contributed by atoms with van der Waals surface area (Å²) in [6.07, 6.45) is 0. The van der Waals surface area contributed by atoms with Crippen molar-refractivity contribution < 1.29 is 14.0 Å². The van der Waals surface area contributed by atoms with Crippen molar-refractivity contribution in [1.82, 2.24) is 0 Å². The fourth-order valence-electron chi connectivity index (χ4n) is 1.77. The molecule has 5 heteroatoms. The first kappa shape index (κ1) is 18.7. The topological polar surface area (TPSA) is 47.6 Å². The molecule has 1 rings (SSSR count). The largest absolute Gasteiger partial charge is 0.465 e. The summed E-state index contributed by atoms with van der Waals surface area (Å²) in [6, 6.07) is 5.52. The Morgan fingerprint density at radius 2 is 1.91 bits per heavy atom. The van der Waals surface area contributed by atoms with Crippen LogP contribution in [0.4, 0.5) is 5.69 Å². The Morgan fingerprint density at radius 1 is 1.27 bits per heavy atom. The van der Waals surface area contributed by atoms with E-state index < -0.39 is 8.32 Å². The predicted octanol–water partition coefficient (Wildman–Crippen LogP) is 4.22. The van der Waals surface area contributed by atoms with Gasteiger partial charge in [0.1, 0.15) is 0 Å². The van der Waals surface area contributed by atoms with Crippen LogP contribution in [-0.2, 0) is 9.16 Å². The molecule has 0 radical (unpaired) electrons. The van der Waals surface area contributed by atoms with Gasteiger partial charge in [-0.1, -0.05) is 26.8 Å². The molecule has 1 N–H and O–H groups in total. The number of hydrogen-bond donors (Lipinski definition) is 1. The summed E-state index contributed by atoms with van der Waals surface area (Å²) < 4.78 is 10.9. The summed E-state index contributed by atoms with van der Waals surface area (Å²) in [7, 11) is -0.314. The quantitative estimate of drug-likeness (QED) is 0.484. The van der Waals surface area contributed by atoms with Gasteiger partial charge in [0.05, 0.1) is 19.3 Å². The van der Waals surface area contributed by atoms with E-state index in [0.717, 1.165) is 17.8 Å². The van der Waals surface area contributed by atoms with Crippen LogP contribution in [0.2, 0.25) is 18.1 Å². The van der Waals surface area contributed by atoms with Crippen molar-refractivity contribution in [2.24, 2.45) is 0 Å². The Hall–Kier alpha value is -1.33. The average molecular weight is 324 g/mol. The second kappa shape index (κ2) is 7.29. The third-order valence-corrected chi connectivity index (χ3v) is 8.88. The van der Waals surface area contributed by atoms with Gasteiger partial charge in [0.15, 0.2) is 8.32 Å². The Bertz CT molecular complexity index is 521. The molecule has 0 atom stereocenters. The number of esters is 1. The van der Waals surface area contributed by atoms with Crippen molar-refractivity contribution in [2.75, 3.05) is 25.6 Å². The van der Waals surface area contributed by atoms with Gasteiger partial charge in [-0.3, -0.25) is 0 Å². The summed E-state index contributed by atoms with van der Waals surface area (Å²) in [6.45, 7) is 14.6. The van der Waals surface area contributed by atoms with E-state index in [0.29, 0.717) is 12.2 Å². The standard InChI is InChI=1S/C17H29NO3Si/c1-13-8-9-14(16(19)20-5)12-15(13)18-10-11-21-22(6,7)17(2,3)4/h8-9,12,18H,10-11H2,1-7H3. The SMILES string of the molecule is COC(=O)c1ccc(C)c(NCCO[Si](C)(C)C(C)(C)C)c1. The minimum absolute atomic E-state index is 0.216. The molecule has 0 aliphatic rings. The number of benzene rings is 1. The highest BCUT2D eigenvalue weighted by molar-refractivity contribution is 6.74. The van der Waals surface area contributed by atoms with Gasteiger partial charge in [0, 0.05) is 12.2 Å². The van der Waals surface area contributed by atoms with Crippen molar-refractivity contribution in [3.8, 4) is 0 Å². The summed E-state index contributed by atoms with van der Waals surface area (Å²) in [5.41, 5.74) is 2.60. The van der Waals surface area contributed by atoms with Crippen LogP contribution in [-0.4, -0.2) is 34.5 Å². The van der Waals surface area contributed by atoms with Gasteiger partial charge in [-0.2, -0.15) is 0 Å². The van der Waals surface area contributed by atoms with E-state index in [-0.39, 0.29) is 11.0 Å². The summed E-state index contributed by atoms with van der Waals surface area (Å²) in [4.78, 5) is 11.6. The third kappa shape index (κ3) is 4.85. The summed E-state index contributed by atoms with van der Waals surface area (Å²) in [5.74, 6) is -0.319. The minimum atomic E-state index is -1.71. The lowest BCUT2D eigenvalue weighted by Gasteiger charge is -2.36. The molecule has 0 unspecified atom stereocenters. The summed E-state index contributed by atoms with van der Waals surface area (Å²) >= 11 is 0.